The fourth-order valence-corrected chi connectivity index (χ4v) is 3.09. The standard InChI is InChI=1S/C14H20BrNO2/c15-13-5-2-1-4-12(13)14-6-3-7-16(14)8-10-18-11-9-17/h1-2,4-5,14,17H,3,6-11H2. The van der Waals surface area contributed by atoms with E-state index in [1.807, 2.05) is 0 Å². The highest BCUT2D eigenvalue weighted by Gasteiger charge is 2.26. The molecule has 1 heterocycles. The third-order valence-electron chi connectivity index (χ3n) is 3.39. The smallest absolute Gasteiger partial charge is 0.0698 e. The molecule has 1 fully saturated rings. The largest absolute Gasteiger partial charge is 0.394 e. The van der Waals surface area contributed by atoms with E-state index in [2.05, 4.69) is 45.1 Å². The summed E-state index contributed by atoms with van der Waals surface area (Å²) in [7, 11) is 0. The van der Waals surface area contributed by atoms with Crippen LogP contribution in [0, 0.1) is 0 Å². The number of halogens is 1. The molecule has 1 atom stereocenters. The van der Waals surface area contributed by atoms with Gasteiger partial charge in [-0.3, -0.25) is 4.90 Å². The van der Waals surface area contributed by atoms with Crippen LogP contribution in [0.25, 0.3) is 0 Å². The predicted octanol–water partition coefficient (Wildman–Crippen LogP) is 2.59. The number of ether oxygens (including phenoxy) is 1. The van der Waals surface area contributed by atoms with Gasteiger partial charge in [-0.25, -0.2) is 0 Å². The first kappa shape index (κ1) is 14.0. The first-order chi connectivity index (χ1) is 8.83. The predicted molar refractivity (Wildman–Crippen MR) is 75.6 cm³/mol. The van der Waals surface area contributed by atoms with Gasteiger partial charge in [-0.05, 0) is 31.0 Å². The molecule has 0 saturated carbocycles. The number of benzene rings is 1. The molecule has 18 heavy (non-hydrogen) atoms. The summed E-state index contributed by atoms with van der Waals surface area (Å²) in [5.74, 6) is 0. The maximum Gasteiger partial charge on any atom is 0.0698 e. The lowest BCUT2D eigenvalue weighted by Gasteiger charge is -2.25. The topological polar surface area (TPSA) is 32.7 Å². The molecule has 0 aliphatic carbocycles. The third kappa shape index (κ3) is 3.54. The average Bonchev–Trinajstić information content (AvgIpc) is 2.83. The molecule has 0 amide bonds. The van der Waals surface area contributed by atoms with E-state index in [4.69, 9.17) is 9.84 Å². The summed E-state index contributed by atoms with van der Waals surface area (Å²) < 4.78 is 6.55. The second kappa shape index (κ2) is 7.24. The average molecular weight is 314 g/mol. The van der Waals surface area contributed by atoms with Crippen LogP contribution in [0.5, 0.6) is 0 Å². The van der Waals surface area contributed by atoms with Crippen molar-refractivity contribution in [3.63, 3.8) is 0 Å². The van der Waals surface area contributed by atoms with Gasteiger partial charge in [0.15, 0.2) is 0 Å². The van der Waals surface area contributed by atoms with Gasteiger partial charge in [0.2, 0.25) is 0 Å². The molecular weight excluding hydrogens is 294 g/mol. The maximum absolute atomic E-state index is 8.68. The molecule has 1 aliphatic heterocycles. The second-order valence-electron chi connectivity index (χ2n) is 4.55. The van der Waals surface area contributed by atoms with E-state index in [1.54, 1.807) is 0 Å². The minimum Gasteiger partial charge on any atom is -0.394 e. The van der Waals surface area contributed by atoms with Gasteiger partial charge in [0.1, 0.15) is 0 Å². The van der Waals surface area contributed by atoms with Gasteiger partial charge in [-0.1, -0.05) is 34.1 Å². The fraction of sp³-hybridized carbons (Fsp3) is 0.571. The zero-order chi connectivity index (χ0) is 12.8. The molecule has 1 aromatic carbocycles. The summed E-state index contributed by atoms with van der Waals surface area (Å²) in [5, 5.41) is 8.68. The van der Waals surface area contributed by atoms with Crippen molar-refractivity contribution in [2.75, 3.05) is 32.9 Å². The molecular formula is C14H20BrNO2. The molecule has 4 heteroatoms. The summed E-state index contributed by atoms with van der Waals surface area (Å²) in [5.41, 5.74) is 1.37. The lowest BCUT2D eigenvalue weighted by molar-refractivity contribution is 0.0709. The highest BCUT2D eigenvalue weighted by Crippen LogP contribution is 2.35. The molecule has 1 unspecified atom stereocenters. The maximum atomic E-state index is 8.68. The Bertz CT molecular complexity index is 373. The molecule has 2 rings (SSSR count). The first-order valence-electron chi connectivity index (χ1n) is 6.50. The quantitative estimate of drug-likeness (QED) is 0.819. The van der Waals surface area contributed by atoms with Crippen LogP contribution in [0.4, 0.5) is 0 Å². The number of hydrogen-bond acceptors (Lipinski definition) is 3. The van der Waals surface area contributed by atoms with Gasteiger partial charge in [0, 0.05) is 17.1 Å². The van der Waals surface area contributed by atoms with E-state index in [0.717, 1.165) is 13.1 Å². The SMILES string of the molecule is OCCOCCN1CCCC1c1ccccc1Br. The minimum absolute atomic E-state index is 0.105. The van der Waals surface area contributed by atoms with Gasteiger partial charge < -0.3 is 9.84 Å². The summed E-state index contributed by atoms with van der Waals surface area (Å²) in [6.07, 6.45) is 2.45. The summed E-state index contributed by atoms with van der Waals surface area (Å²) in [6.45, 7) is 3.31. The van der Waals surface area contributed by atoms with Crippen LogP contribution in [-0.4, -0.2) is 42.9 Å². The Balaban J connectivity index is 1.93. The van der Waals surface area contributed by atoms with Crippen LogP contribution in [0.1, 0.15) is 24.4 Å². The van der Waals surface area contributed by atoms with Gasteiger partial charge >= 0.3 is 0 Å². The molecule has 1 N–H and O–H groups in total. The summed E-state index contributed by atoms with van der Waals surface area (Å²) in [4.78, 5) is 2.47. The Morgan fingerprint density at radius 3 is 2.94 bits per heavy atom. The van der Waals surface area contributed by atoms with Crippen molar-refractivity contribution in [3.8, 4) is 0 Å². The number of aliphatic hydroxyl groups is 1. The normalized spacial score (nSPS) is 20.4. The van der Waals surface area contributed by atoms with E-state index in [9.17, 15) is 0 Å². The van der Waals surface area contributed by atoms with Gasteiger partial charge in [-0.15, -0.1) is 0 Å². The van der Waals surface area contributed by atoms with E-state index in [-0.39, 0.29) is 6.61 Å². The molecule has 100 valence electrons. The molecule has 1 saturated heterocycles. The van der Waals surface area contributed by atoms with Gasteiger partial charge in [-0.2, -0.15) is 0 Å². The van der Waals surface area contributed by atoms with Crippen molar-refractivity contribution < 1.29 is 9.84 Å². The molecule has 1 aromatic rings. The Morgan fingerprint density at radius 2 is 2.17 bits per heavy atom. The van der Waals surface area contributed by atoms with Gasteiger partial charge in [0.25, 0.3) is 0 Å². The molecule has 1 aliphatic rings. The molecule has 0 spiro atoms. The van der Waals surface area contributed by atoms with Gasteiger partial charge in [0.05, 0.1) is 19.8 Å². The highest BCUT2D eigenvalue weighted by atomic mass is 79.9. The molecule has 0 bridgehead atoms. The number of aliphatic hydroxyl groups excluding tert-OH is 1. The summed E-state index contributed by atoms with van der Waals surface area (Å²) >= 11 is 3.64. The summed E-state index contributed by atoms with van der Waals surface area (Å²) in [6, 6.07) is 8.95. The number of rotatable bonds is 6. The van der Waals surface area contributed by atoms with E-state index < -0.39 is 0 Å². The van der Waals surface area contributed by atoms with Crippen LogP contribution < -0.4 is 0 Å². The van der Waals surface area contributed by atoms with Crippen molar-refractivity contribution in [1.82, 2.24) is 4.90 Å². The Hall–Kier alpha value is -0.420. The van der Waals surface area contributed by atoms with Crippen molar-refractivity contribution in [1.29, 1.82) is 0 Å². The zero-order valence-electron chi connectivity index (χ0n) is 10.5. The Kier molecular flexibility index (Phi) is 5.63. The zero-order valence-corrected chi connectivity index (χ0v) is 12.1. The van der Waals surface area contributed by atoms with Crippen LogP contribution in [0.15, 0.2) is 28.7 Å². The molecule has 0 radical (unpaired) electrons. The van der Waals surface area contributed by atoms with Crippen molar-refractivity contribution in [2.45, 2.75) is 18.9 Å². The fourth-order valence-electron chi connectivity index (χ4n) is 2.54. The van der Waals surface area contributed by atoms with Crippen molar-refractivity contribution >= 4 is 15.9 Å². The minimum atomic E-state index is 0.105. The Morgan fingerprint density at radius 1 is 1.33 bits per heavy atom. The lowest BCUT2D eigenvalue weighted by Crippen LogP contribution is -2.27. The van der Waals surface area contributed by atoms with Crippen LogP contribution in [0.2, 0.25) is 0 Å². The Labute approximate surface area is 117 Å². The lowest BCUT2D eigenvalue weighted by atomic mass is 10.0. The monoisotopic (exact) mass is 313 g/mol. The third-order valence-corrected chi connectivity index (χ3v) is 4.11. The number of likely N-dealkylation sites (tertiary alicyclic amines) is 1. The van der Waals surface area contributed by atoms with E-state index >= 15 is 0 Å². The molecule has 0 aromatic heterocycles. The van der Waals surface area contributed by atoms with E-state index in [0.29, 0.717) is 19.3 Å². The second-order valence-corrected chi connectivity index (χ2v) is 5.41. The van der Waals surface area contributed by atoms with Crippen molar-refractivity contribution in [3.05, 3.63) is 34.3 Å². The number of nitrogens with zero attached hydrogens (tertiary/aromatic N) is 1. The first-order valence-corrected chi connectivity index (χ1v) is 7.29. The van der Waals surface area contributed by atoms with Crippen molar-refractivity contribution in [2.24, 2.45) is 0 Å². The van der Waals surface area contributed by atoms with Crippen LogP contribution in [0.3, 0.4) is 0 Å². The van der Waals surface area contributed by atoms with Crippen LogP contribution in [-0.2, 0) is 4.74 Å². The van der Waals surface area contributed by atoms with Crippen LogP contribution >= 0.6 is 15.9 Å². The molecule has 3 nitrogen and oxygen atoms in total. The van der Waals surface area contributed by atoms with E-state index in [1.165, 1.54) is 22.9 Å². The highest BCUT2D eigenvalue weighted by molar-refractivity contribution is 9.10. The number of hydrogen-bond donors (Lipinski definition) is 1.